The molecule has 0 aromatic heterocycles. The maximum Gasteiger partial charge on any atom is 0.226 e. The second kappa shape index (κ2) is 8.14. The molecule has 1 aliphatic rings. The van der Waals surface area contributed by atoms with Crippen molar-refractivity contribution in [1.29, 1.82) is 0 Å². The van der Waals surface area contributed by atoms with E-state index < -0.39 is 0 Å². The molecule has 2 atom stereocenters. The van der Waals surface area contributed by atoms with E-state index in [-0.39, 0.29) is 17.9 Å². The number of ether oxygens (including phenoxy) is 1. The Labute approximate surface area is 148 Å². The number of amides is 1. The van der Waals surface area contributed by atoms with Gasteiger partial charge in [0.1, 0.15) is 5.75 Å². The summed E-state index contributed by atoms with van der Waals surface area (Å²) in [5, 5.41) is 3.04. The number of hydrogen-bond donors (Lipinski definition) is 3. The lowest BCUT2D eigenvalue weighted by atomic mass is 9.93. The number of hydrogen-bond acceptors (Lipinski definition) is 4. The number of carbonyl (C=O) groups excluding carboxylic acids is 1. The molecule has 0 saturated carbocycles. The highest BCUT2D eigenvalue weighted by atomic mass is 16.5. The highest BCUT2D eigenvalue weighted by Crippen LogP contribution is 2.25. The fourth-order valence-electron chi connectivity index (χ4n) is 3.12. The van der Waals surface area contributed by atoms with E-state index in [1.165, 1.54) is 5.56 Å². The van der Waals surface area contributed by atoms with Crippen LogP contribution in [-0.2, 0) is 17.8 Å². The second-order valence-electron chi connectivity index (χ2n) is 6.27. The van der Waals surface area contributed by atoms with Crippen molar-refractivity contribution in [2.45, 2.75) is 25.9 Å². The number of aryl methyl sites for hydroxylation is 1. The molecule has 5 heteroatoms. The zero-order valence-electron chi connectivity index (χ0n) is 14.7. The topological polar surface area (TPSA) is 62.4 Å². The smallest absolute Gasteiger partial charge is 0.226 e. The van der Waals surface area contributed by atoms with Gasteiger partial charge in [0.05, 0.1) is 19.1 Å². The summed E-state index contributed by atoms with van der Waals surface area (Å²) in [5.41, 5.74) is 9.79. The Bertz CT molecular complexity index is 715. The maximum atomic E-state index is 12.7. The Morgan fingerprint density at radius 1 is 1.20 bits per heavy atom. The Kier molecular flexibility index (Phi) is 5.68. The molecule has 0 aliphatic carbocycles. The van der Waals surface area contributed by atoms with E-state index in [2.05, 4.69) is 47.4 Å². The number of benzene rings is 2. The molecule has 0 spiro atoms. The van der Waals surface area contributed by atoms with Gasteiger partial charge >= 0.3 is 0 Å². The van der Waals surface area contributed by atoms with Crippen LogP contribution in [0.3, 0.4) is 0 Å². The van der Waals surface area contributed by atoms with E-state index in [1.54, 1.807) is 7.11 Å². The minimum absolute atomic E-state index is 0.0174. The highest BCUT2D eigenvalue weighted by Gasteiger charge is 2.33. The third kappa shape index (κ3) is 4.18. The molecular formula is C20H25N3O2. The molecule has 1 fully saturated rings. The van der Waals surface area contributed by atoms with Crippen molar-refractivity contribution >= 4 is 5.91 Å². The monoisotopic (exact) mass is 339 g/mol. The molecule has 0 radical (unpaired) electrons. The Balaban J connectivity index is 1.63. The van der Waals surface area contributed by atoms with Crippen molar-refractivity contribution in [2.24, 2.45) is 5.92 Å². The lowest BCUT2D eigenvalue weighted by molar-refractivity contribution is -0.125. The molecule has 3 rings (SSSR count). The first-order valence-corrected chi connectivity index (χ1v) is 8.69. The van der Waals surface area contributed by atoms with Crippen LogP contribution in [0.15, 0.2) is 48.5 Å². The highest BCUT2D eigenvalue weighted by molar-refractivity contribution is 5.80. The summed E-state index contributed by atoms with van der Waals surface area (Å²) in [7, 11) is 1.64. The van der Waals surface area contributed by atoms with Crippen molar-refractivity contribution in [3.8, 4) is 5.75 Å². The van der Waals surface area contributed by atoms with E-state index >= 15 is 0 Å². The van der Waals surface area contributed by atoms with E-state index in [0.29, 0.717) is 13.1 Å². The van der Waals surface area contributed by atoms with Crippen LogP contribution in [0.1, 0.15) is 29.7 Å². The minimum atomic E-state index is -0.141. The third-order valence-corrected chi connectivity index (χ3v) is 4.67. The summed E-state index contributed by atoms with van der Waals surface area (Å²) in [5.74, 6) is 0.702. The van der Waals surface area contributed by atoms with E-state index in [0.717, 1.165) is 23.3 Å². The average Bonchev–Trinajstić information content (AvgIpc) is 3.16. The van der Waals surface area contributed by atoms with Crippen LogP contribution >= 0.6 is 0 Å². The fourth-order valence-corrected chi connectivity index (χ4v) is 3.12. The van der Waals surface area contributed by atoms with Gasteiger partial charge in [-0.2, -0.15) is 0 Å². The molecule has 2 aromatic carbocycles. The second-order valence-corrected chi connectivity index (χ2v) is 6.27. The zero-order chi connectivity index (χ0) is 17.6. The van der Waals surface area contributed by atoms with Crippen LogP contribution in [0.2, 0.25) is 0 Å². The van der Waals surface area contributed by atoms with Crippen molar-refractivity contribution in [3.63, 3.8) is 0 Å². The molecule has 0 bridgehead atoms. The van der Waals surface area contributed by atoms with E-state index in [4.69, 9.17) is 4.74 Å². The van der Waals surface area contributed by atoms with Gasteiger partial charge in [-0.25, -0.2) is 5.43 Å². The lowest BCUT2D eigenvalue weighted by Crippen LogP contribution is -2.34. The zero-order valence-corrected chi connectivity index (χ0v) is 14.7. The summed E-state index contributed by atoms with van der Waals surface area (Å²) >= 11 is 0. The maximum absolute atomic E-state index is 12.7. The molecular weight excluding hydrogens is 314 g/mol. The third-order valence-electron chi connectivity index (χ3n) is 4.67. The molecule has 132 valence electrons. The van der Waals surface area contributed by atoms with Crippen molar-refractivity contribution in [2.75, 3.05) is 13.7 Å². The van der Waals surface area contributed by atoms with E-state index in [9.17, 15) is 4.79 Å². The molecule has 2 aromatic rings. The molecule has 1 heterocycles. The van der Waals surface area contributed by atoms with E-state index in [1.807, 2.05) is 24.3 Å². The molecule has 5 nitrogen and oxygen atoms in total. The fraction of sp³-hybridized carbons (Fsp3) is 0.350. The molecule has 1 saturated heterocycles. The number of carbonyl (C=O) groups is 1. The van der Waals surface area contributed by atoms with Crippen LogP contribution in [0.25, 0.3) is 0 Å². The predicted molar refractivity (Wildman–Crippen MR) is 98.0 cm³/mol. The Morgan fingerprint density at radius 2 is 2.00 bits per heavy atom. The number of rotatable bonds is 6. The van der Waals surface area contributed by atoms with Crippen molar-refractivity contribution in [1.82, 2.24) is 16.2 Å². The summed E-state index contributed by atoms with van der Waals surface area (Å²) in [6.07, 6.45) is 1.01. The summed E-state index contributed by atoms with van der Waals surface area (Å²) in [4.78, 5) is 12.7. The minimum Gasteiger partial charge on any atom is -0.497 e. The van der Waals surface area contributed by atoms with Gasteiger partial charge in [0.2, 0.25) is 5.91 Å². The van der Waals surface area contributed by atoms with Crippen LogP contribution < -0.4 is 20.9 Å². The van der Waals surface area contributed by atoms with Gasteiger partial charge in [0.15, 0.2) is 0 Å². The van der Waals surface area contributed by atoms with Crippen LogP contribution in [0.5, 0.6) is 5.75 Å². The van der Waals surface area contributed by atoms with Gasteiger partial charge in [-0.3, -0.25) is 10.2 Å². The first-order chi connectivity index (χ1) is 12.2. The standard InChI is InChI=1S/C20H25N3O2/c1-3-14-7-9-16(10-8-14)19-18(13-22-23-19)20(24)21-12-15-5-4-6-17(11-15)25-2/h4-11,18-19,22-23H,3,12-13H2,1-2H3,(H,21,24). The Morgan fingerprint density at radius 3 is 2.72 bits per heavy atom. The Hall–Kier alpha value is -2.37. The van der Waals surface area contributed by atoms with Crippen LogP contribution in [-0.4, -0.2) is 19.6 Å². The van der Waals surface area contributed by atoms with Gasteiger partial charge in [-0.1, -0.05) is 43.3 Å². The van der Waals surface area contributed by atoms with Crippen molar-refractivity contribution in [3.05, 3.63) is 65.2 Å². The predicted octanol–water partition coefficient (Wildman–Crippen LogP) is 2.34. The summed E-state index contributed by atoms with van der Waals surface area (Å²) in [6, 6.07) is 16.2. The van der Waals surface area contributed by atoms with Gasteiger partial charge < -0.3 is 10.1 Å². The molecule has 1 aliphatic heterocycles. The number of nitrogens with one attached hydrogen (secondary N) is 3. The molecule has 25 heavy (non-hydrogen) atoms. The SMILES string of the molecule is CCc1ccc(C2NNCC2C(=O)NCc2cccc(OC)c2)cc1. The van der Waals surface area contributed by atoms with Crippen LogP contribution in [0, 0.1) is 5.92 Å². The normalized spacial score (nSPS) is 19.6. The lowest BCUT2D eigenvalue weighted by Gasteiger charge is -2.19. The average molecular weight is 339 g/mol. The molecule has 3 N–H and O–H groups in total. The van der Waals surface area contributed by atoms with Gasteiger partial charge in [-0.15, -0.1) is 0 Å². The number of methoxy groups -OCH3 is 1. The first kappa shape index (κ1) is 17.5. The largest absolute Gasteiger partial charge is 0.497 e. The quantitative estimate of drug-likeness (QED) is 0.756. The summed E-state index contributed by atoms with van der Waals surface area (Å²) < 4.78 is 5.22. The van der Waals surface area contributed by atoms with Gasteiger partial charge in [0, 0.05) is 13.1 Å². The first-order valence-electron chi connectivity index (χ1n) is 8.69. The molecule has 2 unspecified atom stereocenters. The molecule has 1 amide bonds. The van der Waals surface area contributed by atoms with Crippen molar-refractivity contribution < 1.29 is 9.53 Å². The number of hydrazine groups is 1. The summed E-state index contributed by atoms with van der Waals surface area (Å²) in [6.45, 7) is 3.25. The van der Waals surface area contributed by atoms with Gasteiger partial charge in [0.25, 0.3) is 0 Å². The van der Waals surface area contributed by atoms with Crippen LogP contribution in [0.4, 0.5) is 0 Å². The van der Waals surface area contributed by atoms with Gasteiger partial charge in [-0.05, 0) is 35.2 Å².